The van der Waals surface area contributed by atoms with Gasteiger partial charge in [0.2, 0.25) is 0 Å². The highest BCUT2D eigenvalue weighted by molar-refractivity contribution is 5.75. The van der Waals surface area contributed by atoms with Gasteiger partial charge in [0, 0.05) is 18.0 Å². The maximum absolute atomic E-state index is 14.2. The summed E-state index contributed by atoms with van der Waals surface area (Å²) in [4.78, 5) is 33.2. The molecule has 10 nitrogen and oxygen atoms in total. The first kappa shape index (κ1) is 27.0. The van der Waals surface area contributed by atoms with Crippen LogP contribution in [0.2, 0.25) is 0 Å². The number of fused-ring (bicyclic) bond motifs is 1. The lowest BCUT2D eigenvalue weighted by atomic mass is 10.0. The van der Waals surface area contributed by atoms with Crippen LogP contribution >= 0.6 is 0 Å². The summed E-state index contributed by atoms with van der Waals surface area (Å²) >= 11 is 0. The molecular weight excluding hydrogens is 552 g/mol. The van der Waals surface area contributed by atoms with E-state index in [-0.39, 0.29) is 5.92 Å². The Hall–Kier alpha value is -5.90. The second-order valence-electron chi connectivity index (χ2n) is 10.8. The van der Waals surface area contributed by atoms with Gasteiger partial charge in [0.1, 0.15) is 12.2 Å². The minimum Gasteiger partial charge on any atom is -0.317 e. The lowest BCUT2D eigenvalue weighted by molar-refractivity contribution is 0.681. The van der Waals surface area contributed by atoms with Crippen LogP contribution < -0.4 is 11.2 Å². The van der Waals surface area contributed by atoms with E-state index in [0.29, 0.717) is 29.1 Å². The molecule has 0 atom stereocenters. The fourth-order valence-electron chi connectivity index (χ4n) is 5.58. The lowest BCUT2D eigenvalue weighted by Crippen LogP contribution is -2.39. The molecule has 0 aliphatic rings. The number of aromatic nitrogens is 8. The number of para-hydroxylation sites is 3. The van der Waals surface area contributed by atoms with Gasteiger partial charge in [-0.05, 0) is 51.9 Å². The Morgan fingerprint density at radius 3 is 2.00 bits per heavy atom. The van der Waals surface area contributed by atoms with Crippen molar-refractivity contribution >= 4 is 11.2 Å². The van der Waals surface area contributed by atoms with Gasteiger partial charge in [-0.3, -0.25) is 4.79 Å². The minimum absolute atomic E-state index is 0.00580. The third-order valence-corrected chi connectivity index (χ3v) is 7.63. The molecule has 10 heteroatoms. The number of rotatable bonds is 7. The van der Waals surface area contributed by atoms with Crippen molar-refractivity contribution in [1.82, 2.24) is 38.9 Å². The highest BCUT2D eigenvalue weighted by Gasteiger charge is 2.24. The molecule has 216 valence electrons. The Bertz CT molecular complexity index is 2200. The summed E-state index contributed by atoms with van der Waals surface area (Å²) in [7, 11) is 0. The average Bonchev–Trinajstić information content (AvgIpc) is 3.72. The predicted molar refractivity (Wildman–Crippen MR) is 169 cm³/mol. The molecule has 0 aliphatic heterocycles. The van der Waals surface area contributed by atoms with Gasteiger partial charge in [-0.1, -0.05) is 92.7 Å². The van der Waals surface area contributed by atoms with Crippen LogP contribution in [0.3, 0.4) is 0 Å². The molecule has 0 saturated carbocycles. The van der Waals surface area contributed by atoms with Crippen molar-refractivity contribution in [1.29, 1.82) is 0 Å². The largest absolute Gasteiger partial charge is 0.342 e. The van der Waals surface area contributed by atoms with E-state index in [0.717, 1.165) is 28.2 Å². The number of nitrogens with zero attached hydrogens (tertiary/aromatic N) is 8. The van der Waals surface area contributed by atoms with E-state index in [1.165, 1.54) is 9.13 Å². The van der Waals surface area contributed by atoms with E-state index < -0.39 is 11.2 Å². The van der Waals surface area contributed by atoms with Crippen LogP contribution in [-0.4, -0.2) is 38.9 Å². The normalized spacial score (nSPS) is 11.4. The van der Waals surface area contributed by atoms with Gasteiger partial charge in [0.15, 0.2) is 11.2 Å². The summed E-state index contributed by atoms with van der Waals surface area (Å²) in [5, 5.41) is 11.6. The van der Waals surface area contributed by atoms with E-state index in [1.807, 2.05) is 103 Å². The first-order chi connectivity index (χ1) is 21.5. The summed E-state index contributed by atoms with van der Waals surface area (Å²) in [6, 6.07) is 34.4. The Morgan fingerprint density at radius 1 is 0.727 bits per heavy atom. The van der Waals surface area contributed by atoms with E-state index >= 15 is 0 Å². The zero-order valence-corrected chi connectivity index (χ0v) is 24.1. The molecule has 0 amide bonds. The molecule has 3 heterocycles. The number of hydrogen-bond acceptors (Lipinski definition) is 6. The fraction of sp³-hybridized carbons (Fsp3) is 0.118. The van der Waals surface area contributed by atoms with Crippen LogP contribution in [0, 0.1) is 0 Å². The summed E-state index contributed by atoms with van der Waals surface area (Å²) in [6.45, 7) is 4.48. The Kier molecular flexibility index (Phi) is 6.78. The van der Waals surface area contributed by atoms with Crippen molar-refractivity contribution in [2.75, 3.05) is 0 Å². The van der Waals surface area contributed by atoms with E-state index in [4.69, 9.17) is 4.98 Å². The smallest absolute Gasteiger partial charge is 0.317 e. The van der Waals surface area contributed by atoms with Crippen molar-refractivity contribution in [3.05, 3.63) is 148 Å². The zero-order chi connectivity index (χ0) is 30.2. The van der Waals surface area contributed by atoms with E-state index in [9.17, 15) is 9.59 Å². The van der Waals surface area contributed by atoms with Gasteiger partial charge in [-0.2, -0.15) is 4.68 Å². The zero-order valence-electron chi connectivity index (χ0n) is 24.1. The van der Waals surface area contributed by atoms with Crippen molar-refractivity contribution in [3.8, 4) is 28.2 Å². The third kappa shape index (κ3) is 4.62. The summed E-state index contributed by atoms with van der Waals surface area (Å²) in [5.41, 5.74) is 4.81. The van der Waals surface area contributed by atoms with Gasteiger partial charge in [0.25, 0.3) is 5.56 Å². The number of hydrogen-bond donors (Lipinski definition) is 0. The predicted octanol–water partition coefficient (Wildman–Crippen LogP) is 5.15. The maximum Gasteiger partial charge on any atom is 0.342 e. The molecule has 4 aromatic carbocycles. The molecule has 0 radical (unpaired) electrons. The molecule has 44 heavy (non-hydrogen) atoms. The molecule has 0 saturated heterocycles. The summed E-state index contributed by atoms with van der Waals surface area (Å²) in [5.74, 6) is 0.717. The van der Waals surface area contributed by atoms with Gasteiger partial charge >= 0.3 is 5.69 Å². The SMILES string of the molecule is CC(C)c1nc2c(c(=O)n(-c3ccccc3)c(=O)n2-c2ccccc2)n1Cc1ccc(-c2ccccc2-n2cnnn2)cc1. The summed E-state index contributed by atoms with van der Waals surface area (Å²) in [6.07, 6.45) is 1.57. The molecule has 0 fully saturated rings. The Balaban J connectivity index is 1.40. The van der Waals surface area contributed by atoms with Crippen LogP contribution in [-0.2, 0) is 6.54 Å². The maximum atomic E-state index is 14.2. The number of tetrazole rings is 1. The number of imidazole rings is 1. The van der Waals surface area contributed by atoms with Crippen LogP contribution in [0.1, 0.15) is 31.2 Å². The lowest BCUT2D eigenvalue weighted by Gasteiger charge is -2.14. The number of benzene rings is 4. The van der Waals surface area contributed by atoms with Gasteiger partial charge in [0.05, 0.1) is 17.1 Å². The van der Waals surface area contributed by atoms with E-state index in [2.05, 4.69) is 27.7 Å². The molecule has 7 aromatic rings. The molecule has 0 unspecified atom stereocenters. The minimum atomic E-state index is -0.467. The molecule has 0 aliphatic carbocycles. The van der Waals surface area contributed by atoms with Crippen molar-refractivity contribution < 1.29 is 0 Å². The molecule has 0 spiro atoms. The van der Waals surface area contributed by atoms with E-state index in [1.54, 1.807) is 23.1 Å². The Labute approximate surface area is 252 Å². The summed E-state index contributed by atoms with van der Waals surface area (Å²) < 4.78 is 6.35. The van der Waals surface area contributed by atoms with Crippen LogP contribution in [0.5, 0.6) is 0 Å². The molecule has 7 rings (SSSR count). The highest BCUT2D eigenvalue weighted by Crippen LogP contribution is 2.28. The molecular formula is C34H28N8O2. The standard InChI is InChI=1S/C34H28N8O2/c1-23(2)31-36-32-30(33(43)42(27-13-7-4-8-14-27)34(44)41(32)26-11-5-3-6-12-26)39(31)21-24-17-19-25(20-18-24)28-15-9-10-16-29(28)40-22-35-37-38-40/h3-20,22-23H,21H2,1-2H3. The first-order valence-electron chi connectivity index (χ1n) is 14.3. The third-order valence-electron chi connectivity index (χ3n) is 7.63. The van der Waals surface area contributed by atoms with Crippen LogP contribution in [0.4, 0.5) is 0 Å². The second kappa shape index (κ2) is 11.1. The van der Waals surface area contributed by atoms with Crippen molar-refractivity contribution in [2.24, 2.45) is 0 Å². The van der Waals surface area contributed by atoms with Gasteiger partial charge in [-0.15, -0.1) is 5.10 Å². The molecule has 0 N–H and O–H groups in total. The average molecular weight is 581 g/mol. The van der Waals surface area contributed by atoms with Gasteiger partial charge in [-0.25, -0.2) is 18.9 Å². The van der Waals surface area contributed by atoms with Crippen molar-refractivity contribution in [3.63, 3.8) is 0 Å². The van der Waals surface area contributed by atoms with Crippen LogP contribution in [0.25, 0.3) is 39.4 Å². The molecule has 3 aromatic heterocycles. The quantitative estimate of drug-likeness (QED) is 0.258. The monoisotopic (exact) mass is 580 g/mol. The van der Waals surface area contributed by atoms with Gasteiger partial charge < -0.3 is 4.57 Å². The topological polar surface area (TPSA) is 105 Å². The first-order valence-corrected chi connectivity index (χ1v) is 14.3. The Morgan fingerprint density at radius 2 is 1.36 bits per heavy atom. The molecule has 0 bridgehead atoms. The second-order valence-corrected chi connectivity index (χ2v) is 10.8. The van der Waals surface area contributed by atoms with Crippen molar-refractivity contribution in [2.45, 2.75) is 26.3 Å². The van der Waals surface area contributed by atoms with Crippen LogP contribution in [0.15, 0.2) is 125 Å². The highest BCUT2D eigenvalue weighted by atomic mass is 16.2. The fourth-order valence-corrected chi connectivity index (χ4v) is 5.58.